The third kappa shape index (κ3) is 3.51. The lowest BCUT2D eigenvalue weighted by molar-refractivity contribution is 0.603. The predicted octanol–water partition coefficient (Wildman–Crippen LogP) is 2.89. The minimum atomic E-state index is 0.647. The highest BCUT2D eigenvalue weighted by molar-refractivity contribution is 7.98. The Kier molecular flexibility index (Phi) is 4.47. The Morgan fingerprint density at radius 1 is 1.05 bits per heavy atom. The summed E-state index contributed by atoms with van der Waals surface area (Å²) in [5.74, 6) is 0.727. The summed E-state index contributed by atoms with van der Waals surface area (Å²) in [6.07, 6.45) is 0. The maximum absolute atomic E-state index is 8.93. The maximum atomic E-state index is 8.93. The van der Waals surface area contributed by atoms with Gasteiger partial charge in [-0.05, 0) is 33.7 Å². The molecule has 3 rings (SSSR count). The normalized spacial score (nSPS) is 10.3. The van der Waals surface area contributed by atoms with Gasteiger partial charge in [-0.25, -0.2) is 4.68 Å². The van der Waals surface area contributed by atoms with Gasteiger partial charge in [0.05, 0.1) is 18.2 Å². The zero-order chi connectivity index (χ0) is 15.2. The largest absolute Gasteiger partial charge is 0.216 e. The number of rotatable bonds is 5. The summed E-state index contributed by atoms with van der Waals surface area (Å²) < 4.78 is 1.79. The first-order valence-corrected chi connectivity index (χ1v) is 7.75. The molecule has 0 amide bonds. The van der Waals surface area contributed by atoms with E-state index in [4.69, 9.17) is 5.26 Å². The molecule has 5 nitrogen and oxygen atoms in total. The van der Waals surface area contributed by atoms with E-state index in [1.165, 1.54) is 0 Å². The van der Waals surface area contributed by atoms with Crippen LogP contribution in [0.4, 0.5) is 0 Å². The number of benzene rings is 2. The summed E-state index contributed by atoms with van der Waals surface area (Å²) in [5.41, 5.74) is 2.91. The van der Waals surface area contributed by atoms with E-state index < -0.39 is 0 Å². The fourth-order valence-corrected chi connectivity index (χ4v) is 2.85. The molecular weight excluding hydrogens is 294 g/mol. The molecule has 0 bridgehead atoms. The molecule has 0 aliphatic heterocycles. The molecule has 0 saturated heterocycles. The van der Waals surface area contributed by atoms with Crippen molar-refractivity contribution in [2.75, 3.05) is 0 Å². The third-order valence-electron chi connectivity index (χ3n) is 3.10. The van der Waals surface area contributed by atoms with Gasteiger partial charge in [-0.1, -0.05) is 54.2 Å². The molecule has 0 N–H and O–H groups in total. The highest BCUT2D eigenvalue weighted by Gasteiger charge is 2.08. The first kappa shape index (κ1) is 14.3. The third-order valence-corrected chi connectivity index (χ3v) is 4.13. The molecule has 22 heavy (non-hydrogen) atoms. The van der Waals surface area contributed by atoms with Crippen LogP contribution in [0.25, 0.3) is 0 Å². The number of tetrazole rings is 1. The van der Waals surface area contributed by atoms with Crippen molar-refractivity contribution in [2.24, 2.45) is 0 Å². The van der Waals surface area contributed by atoms with Crippen LogP contribution in [0.15, 0.2) is 59.8 Å². The zero-order valence-corrected chi connectivity index (χ0v) is 12.6. The summed E-state index contributed by atoms with van der Waals surface area (Å²) in [4.78, 5) is 0. The highest BCUT2D eigenvalue weighted by atomic mass is 32.2. The standard InChI is InChI=1S/C16H13N5S/c17-10-14-7-4-8-15(9-14)12-22-16-18-19-20-21(16)11-13-5-2-1-3-6-13/h1-9H,11-12H2. The van der Waals surface area contributed by atoms with Crippen LogP contribution in [-0.4, -0.2) is 20.2 Å². The Labute approximate surface area is 132 Å². The van der Waals surface area contributed by atoms with Crippen molar-refractivity contribution < 1.29 is 0 Å². The van der Waals surface area contributed by atoms with Gasteiger partial charge >= 0.3 is 0 Å². The Bertz CT molecular complexity index is 792. The summed E-state index contributed by atoms with van der Waals surface area (Å²) >= 11 is 1.56. The van der Waals surface area contributed by atoms with Crippen molar-refractivity contribution in [3.8, 4) is 6.07 Å². The van der Waals surface area contributed by atoms with Crippen LogP contribution in [0.5, 0.6) is 0 Å². The van der Waals surface area contributed by atoms with E-state index >= 15 is 0 Å². The van der Waals surface area contributed by atoms with Crippen LogP contribution in [0.1, 0.15) is 16.7 Å². The number of aromatic nitrogens is 4. The van der Waals surface area contributed by atoms with Crippen LogP contribution in [0.3, 0.4) is 0 Å². The van der Waals surface area contributed by atoms with Crippen molar-refractivity contribution >= 4 is 11.8 Å². The minimum absolute atomic E-state index is 0.647. The Hall–Kier alpha value is -2.65. The van der Waals surface area contributed by atoms with Gasteiger partial charge in [-0.2, -0.15) is 5.26 Å². The zero-order valence-electron chi connectivity index (χ0n) is 11.8. The van der Waals surface area contributed by atoms with Gasteiger partial charge in [-0.15, -0.1) is 5.10 Å². The molecule has 0 spiro atoms. The van der Waals surface area contributed by atoms with Crippen LogP contribution in [0, 0.1) is 11.3 Å². The molecule has 1 aromatic heterocycles. The topological polar surface area (TPSA) is 67.4 Å². The predicted molar refractivity (Wildman–Crippen MR) is 84.1 cm³/mol. The molecule has 3 aromatic rings. The second kappa shape index (κ2) is 6.87. The lowest BCUT2D eigenvalue weighted by Crippen LogP contribution is -2.03. The molecule has 0 aliphatic rings. The summed E-state index contributed by atoms with van der Waals surface area (Å²) in [6, 6.07) is 19.8. The fourth-order valence-electron chi connectivity index (χ4n) is 2.03. The molecule has 0 radical (unpaired) electrons. The van der Waals surface area contributed by atoms with Gasteiger partial charge in [0.1, 0.15) is 0 Å². The van der Waals surface area contributed by atoms with Crippen LogP contribution < -0.4 is 0 Å². The summed E-state index contributed by atoms with van der Waals surface area (Å²) in [6.45, 7) is 0.647. The van der Waals surface area contributed by atoms with Crippen molar-refractivity contribution in [3.05, 3.63) is 71.3 Å². The fraction of sp³-hybridized carbons (Fsp3) is 0.125. The van der Waals surface area contributed by atoms with Crippen molar-refractivity contribution in [1.29, 1.82) is 5.26 Å². The second-order valence-electron chi connectivity index (χ2n) is 4.71. The van der Waals surface area contributed by atoms with Gasteiger partial charge < -0.3 is 0 Å². The monoisotopic (exact) mass is 307 g/mol. The van der Waals surface area contributed by atoms with Gasteiger partial charge in [0, 0.05) is 5.75 Å². The molecule has 0 fully saturated rings. The lowest BCUT2D eigenvalue weighted by atomic mass is 10.2. The highest BCUT2D eigenvalue weighted by Crippen LogP contribution is 2.21. The Morgan fingerprint density at radius 2 is 1.86 bits per heavy atom. The number of thioether (sulfide) groups is 1. The van der Waals surface area contributed by atoms with Crippen LogP contribution >= 0.6 is 11.8 Å². The van der Waals surface area contributed by atoms with Crippen molar-refractivity contribution in [2.45, 2.75) is 17.5 Å². The van der Waals surface area contributed by atoms with E-state index in [9.17, 15) is 0 Å². The van der Waals surface area contributed by atoms with Gasteiger partial charge in [-0.3, -0.25) is 0 Å². The second-order valence-corrected chi connectivity index (χ2v) is 5.65. The molecule has 0 saturated carbocycles. The van der Waals surface area contributed by atoms with Gasteiger partial charge in [0.25, 0.3) is 0 Å². The maximum Gasteiger partial charge on any atom is 0.209 e. The number of hydrogen-bond donors (Lipinski definition) is 0. The first-order valence-electron chi connectivity index (χ1n) is 6.77. The smallest absolute Gasteiger partial charge is 0.209 e. The SMILES string of the molecule is N#Cc1cccc(CSc2nnnn2Cc2ccccc2)c1. The number of nitrogens with zero attached hydrogens (tertiary/aromatic N) is 5. The van der Waals surface area contributed by atoms with E-state index in [-0.39, 0.29) is 0 Å². The van der Waals surface area contributed by atoms with Crippen LogP contribution in [-0.2, 0) is 12.3 Å². The van der Waals surface area contributed by atoms with E-state index in [2.05, 4.69) is 21.6 Å². The molecule has 1 heterocycles. The van der Waals surface area contributed by atoms with Crippen molar-refractivity contribution in [1.82, 2.24) is 20.2 Å². The van der Waals surface area contributed by atoms with E-state index in [1.54, 1.807) is 22.5 Å². The van der Waals surface area contributed by atoms with E-state index in [0.29, 0.717) is 12.1 Å². The minimum Gasteiger partial charge on any atom is -0.216 e. The van der Waals surface area contributed by atoms with E-state index in [0.717, 1.165) is 22.0 Å². The van der Waals surface area contributed by atoms with Gasteiger partial charge in [0.15, 0.2) is 0 Å². The average molecular weight is 307 g/mol. The summed E-state index contributed by atoms with van der Waals surface area (Å²) in [7, 11) is 0. The molecule has 2 aromatic carbocycles. The number of hydrogen-bond acceptors (Lipinski definition) is 5. The number of nitriles is 1. The molecule has 0 atom stereocenters. The quantitative estimate of drug-likeness (QED) is 0.678. The Morgan fingerprint density at radius 3 is 2.68 bits per heavy atom. The summed E-state index contributed by atoms with van der Waals surface area (Å²) in [5, 5.41) is 21.6. The molecule has 108 valence electrons. The lowest BCUT2D eigenvalue weighted by Gasteiger charge is -2.05. The molecule has 0 aliphatic carbocycles. The van der Waals surface area contributed by atoms with Gasteiger partial charge in [0.2, 0.25) is 5.16 Å². The van der Waals surface area contributed by atoms with E-state index in [1.807, 2.05) is 48.5 Å². The molecule has 0 unspecified atom stereocenters. The molecular formula is C16H13N5S. The first-order chi connectivity index (χ1) is 10.8. The van der Waals surface area contributed by atoms with Crippen molar-refractivity contribution in [3.63, 3.8) is 0 Å². The van der Waals surface area contributed by atoms with Crippen LogP contribution in [0.2, 0.25) is 0 Å². The molecule has 6 heteroatoms. The average Bonchev–Trinajstić information content (AvgIpc) is 3.01. The Balaban J connectivity index is 1.69.